The molecule has 0 radical (unpaired) electrons. The summed E-state index contributed by atoms with van der Waals surface area (Å²) in [5.74, 6) is 1.12. The Kier molecular flexibility index (Phi) is 4.85. The second kappa shape index (κ2) is 7.71. The zero-order valence-corrected chi connectivity index (χ0v) is 17.2. The lowest BCUT2D eigenvalue weighted by atomic mass is 10.1. The van der Waals surface area contributed by atoms with Crippen LogP contribution in [-0.2, 0) is 12.7 Å². The van der Waals surface area contributed by atoms with Crippen LogP contribution in [0.5, 0.6) is 5.75 Å². The van der Waals surface area contributed by atoms with E-state index in [9.17, 15) is 13.2 Å². The molecule has 5 rings (SSSR count). The third-order valence-electron chi connectivity index (χ3n) is 5.56. The van der Waals surface area contributed by atoms with E-state index in [0.717, 1.165) is 34.0 Å². The van der Waals surface area contributed by atoms with Crippen molar-refractivity contribution >= 4 is 21.8 Å². The molecule has 0 unspecified atom stereocenters. The summed E-state index contributed by atoms with van der Waals surface area (Å²) in [5.41, 5.74) is 2.24. The molecular formula is C26H19F3N2O. The van der Waals surface area contributed by atoms with Crippen LogP contribution in [0.3, 0.4) is 0 Å². The van der Waals surface area contributed by atoms with Crippen LogP contribution >= 0.6 is 0 Å². The van der Waals surface area contributed by atoms with Crippen molar-refractivity contribution in [3.8, 4) is 17.1 Å². The lowest BCUT2D eigenvalue weighted by Crippen LogP contribution is -2.06. The number of benzene rings is 4. The van der Waals surface area contributed by atoms with E-state index in [1.165, 1.54) is 6.07 Å². The molecule has 0 amide bonds. The number of hydrogen-bond donors (Lipinski definition) is 0. The molecule has 0 saturated carbocycles. The summed E-state index contributed by atoms with van der Waals surface area (Å²) in [6, 6.07) is 25.1. The predicted molar refractivity (Wildman–Crippen MR) is 120 cm³/mol. The molecular weight excluding hydrogens is 413 g/mol. The molecule has 0 atom stereocenters. The average Bonchev–Trinajstić information content (AvgIpc) is 3.16. The summed E-state index contributed by atoms with van der Waals surface area (Å²) in [7, 11) is 1.57. The van der Waals surface area contributed by atoms with Gasteiger partial charge in [0.15, 0.2) is 0 Å². The van der Waals surface area contributed by atoms with Gasteiger partial charge in [-0.05, 0) is 46.7 Å². The Morgan fingerprint density at radius 2 is 1.66 bits per heavy atom. The standard InChI is InChI=1S/C26H19F3N2O/c1-32-22-11-12-24-23(15-22)30-25(20-7-4-8-21(14-20)26(27,28)29)31(24)16-17-9-10-18-5-2-3-6-19(18)13-17/h2-15H,16H2,1H3. The van der Waals surface area contributed by atoms with Crippen LogP contribution in [0.1, 0.15) is 11.1 Å². The van der Waals surface area contributed by atoms with E-state index in [1.807, 2.05) is 47.0 Å². The molecule has 6 heteroatoms. The Morgan fingerprint density at radius 3 is 2.44 bits per heavy atom. The maximum absolute atomic E-state index is 13.3. The number of halogens is 3. The van der Waals surface area contributed by atoms with Crippen LogP contribution < -0.4 is 4.74 Å². The van der Waals surface area contributed by atoms with E-state index < -0.39 is 11.7 Å². The van der Waals surface area contributed by atoms with Crippen molar-refractivity contribution in [1.29, 1.82) is 0 Å². The van der Waals surface area contributed by atoms with Gasteiger partial charge in [0.05, 0.1) is 23.7 Å². The first kappa shape index (κ1) is 20.1. The first-order chi connectivity index (χ1) is 15.4. The largest absolute Gasteiger partial charge is 0.497 e. The molecule has 0 aliphatic rings. The minimum absolute atomic E-state index is 0.413. The minimum Gasteiger partial charge on any atom is -0.497 e. The third-order valence-corrected chi connectivity index (χ3v) is 5.56. The number of hydrogen-bond acceptors (Lipinski definition) is 2. The molecule has 1 aromatic heterocycles. The van der Waals surface area contributed by atoms with Gasteiger partial charge in [-0.1, -0.05) is 48.5 Å². The van der Waals surface area contributed by atoms with Crippen molar-refractivity contribution in [3.05, 3.63) is 96.1 Å². The van der Waals surface area contributed by atoms with Crippen LogP contribution in [0.4, 0.5) is 13.2 Å². The fraction of sp³-hybridized carbons (Fsp3) is 0.115. The highest BCUT2D eigenvalue weighted by atomic mass is 19.4. The van der Waals surface area contributed by atoms with Crippen molar-refractivity contribution in [1.82, 2.24) is 9.55 Å². The van der Waals surface area contributed by atoms with E-state index >= 15 is 0 Å². The van der Waals surface area contributed by atoms with Gasteiger partial charge in [0.25, 0.3) is 0 Å². The van der Waals surface area contributed by atoms with Crippen LogP contribution in [-0.4, -0.2) is 16.7 Å². The zero-order valence-electron chi connectivity index (χ0n) is 17.2. The van der Waals surface area contributed by atoms with Gasteiger partial charge in [-0.3, -0.25) is 0 Å². The quantitative estimate of drug-likeness (QED) is 0.308. The molecule has 5 aromatic rings. The molecule has 0 aliphatic heterocycles. The Labute approximate surface area is 182 Å². The Morgan fingerprint density at radius 1 is 0.844 bits per heavy atom. The fourth-order valence-electron chi connectivity index (χ4n) is 3.97. The molecule has 4 aromatic carbocycles. The van der Waals surface area contributed by atoms with Crippen molar-refractivity contribution < 1.29 is 17.9 Å². The highest BCUT2D eigenvalue weighted by Crippen LogP contribution is 2.34. The molecule has 0 saturated heterocycles. The van der Waals surface area contributed by atoms with E-state index in [1.54, 1.807) is 19.2 Å². The molecule has 0 fully saturated rings. The Balaban J connectivity index is 1.67. The van der Waals surface area contributed by atoms with Crippen molar-refractivity contribution in [2.75, 3.05) is 7.11 Å². The van der Waals surface area contributed by atoms with Crippen molar-refractivity contribution in [2.24, 2.45) is 0 Å². The van der Waals surface area contributed by atoms with Crippen LogP contribution in [0, 0.1) is 0 Å². The lowest BCUT2D eigenvalue weighted by Gasteiger charge is -2.12. The highest BCUT2D eigenvalue weighted by molar-refractivity contribution is 5.84. The number of fused-ring (bicyclic) bond motifs is 2. The van der Waals surface area contributed by atoms with Crippen LogP contribution in [0.2, 0.25) is 0 Å². The number of ether oxygens (including phenoxy) is 1. The summed E-state index contributed by atoms with van der Waals surface area (Å²) in [5, 5.41) is 2.24. The first-order valence-corrected chi connectivity index (χ1v) is 10.1. The van der Waals surface area contributed by atoms with Crippen molar-refractivity contribution in [2.45, 2.75) is 12.7 Å². The summed E-state index contributed by atoms with van der Waals surface area (Å²) >= 11 is 0. The second-order valence-corrected chi connectivity index (χ2v) is 7.64. The van der Waals surface area contributed by atoms with Gasteiger partial charge in [-0.2, -0.15) is 13.2 Å². The van der Waals surface area contributed by atoms with Gasteiger partial charge in [-0.15, -0.1) is 0 Å². The number of methoxy groups -OCH3 is 1. The lowest BCUT2D eigenvalue weighted by molar-refractivity contribution is -0.137. The maximum Gasteiger partial charge on any atom is 0.416 e. The zero-order chi connectivity index (χ0) is 22.3. The molecule has 0 aliphatic carbocycles. The number of imidazole rings is 1. The van der Waals surface area contributed by atoms with E-state index in [-0.39, 0.29) is 0 Å². The SMILES string of the molecule is COc1ccc2c(c1)nc(-c1cccc(C(F)(F)F)c1)n2Cc1ccc2ccccc2c1. The van der Waals surface area contributed by atoms with E-state index in [0.29, 0.717) is 29.2 Å². The maximum atomic E-state index is 13.3. The van der Waals surface area contributed by atoms with Gasteiger partial charge in [0, 0.05) is 18.2 Å². The molecule has 1 heterocycles. The predicted octanol–water partition coefficient (Wildman–Crippen LogP) is 6.93. The Bertz CT molecular complexity index is 1440. The van der Waals surface area contributed by atoms with Gasteiger partial charge < -0.3 is 9.30 Å². The number of nitrogens with zero attached hydrogens (tertiary/aromatic N) is 2. The van der Waals surface area contributed by atoms with Gasteiger partial charge >= 0.3 is 6.18 Å². The highest BCUT2D eigenvalue weighted by Gasteiger charge is 2.31. The molecule has 0 N–H and O–H groups in total. The van der Waals surface area contributed by atoms with Crippen LogP contribution in [0.25, 0.3) is 33.2 Å². The smallest absolute Gasteiger partial charge is 0.416 e. The second-order valence-electron chi connectivity index (χ2n) is 7.64. The summed E-state index contributed by atoms with van der Waals surface area (Å²) in [6.07, 6.45) is -4.42. The molecule has 0 spiro atoms. The summed E-state index contributed by atoms with van der Waals surface area (Å²) in [4.78, 5) is 4.69. The van der Waals surface area contributed by atoms with E-state index in [4.69, 9.17) is 4.74 Å². The molecule has 32 heavy (non-hydrogen) atoms. The van der Waals surface area contributed by atoms with Gasteiger partial charge in [-0.25, -0.2) is 4.98 Å². The van der Waals surface area contributed by atoms with Crippen LogP contribution in [0.15, 0.2) is 84.9 Å². The van der Waals surface area contributed by atoms with E-state index in [2.05, 4.69) is 17.1 Å². The minimum atomic E-state index is -4.42. The fourth-order valence-corrected chi connectivity index (χ4v) is 3.97. The third kappa shape index (κ3) is 3.68. The number of aromatic nitrogens is 2. The summed E-state index contributed by atoms with van der Waals surface area (Å²) < 4.78 is 47.3. The number of rotatable bonds is 4. The van der Waals surface area contributed by atoms with Crippen molar-refractivity contribution in [3.63, 3.8) is 0 Å². The Hall–Kier alpha value is -3.80. The van der Waals surface area contributed by atoms with Gasteiger partial charge in [0.1, 0.15) is 11.6 Å². The molecule has 0 bridgehead atoms. The normalized spacial score (nSPS) is 11.9. The average molecular weight is 432 g/mol. The monoisotopic (exact) mass is 432 g/mol. The molecule has 160 valence electrons. The molecule has 3 nitrogen and oxygen atoms in total. The summed E-state index contributed by atoms with van der Waals surface area (Å²) in [6.45, 7) is 0.471. The topological polar surface area (TPSA) is 27.1 Å². The first-order valence-electron chi connectivity index (χ1n) is 10.1. The van der Waals surface area contributed by atoms with Gasteiger partial charge in [0.2, 0.25) is 0 Å². The number of alkyl halides is 3.